The Labute approximate surface area is 180 Å². The van der Waals surface area contributed by atoms with Gasteiger partial charge < -0.3 is 10.4 Å². The second-order valence-electron chi connectivity index (χ2n) is 9.16. The maximum absolute atomic E-state index is 13.8. The monoisotopic (exact) mass is 419 g/mol. The van der Waals surface area contributed by atoms with Gasteiger partial charge in [-0.25, -0.2) is 9.37 Å². The first-order valence-electron chi connectivity index (χ1n) is 11.0. The van der Waals surface area contributed by atoms with Gasteiger partial charge in [0.25, 0.3) is 0 Å². The highest BCUT2D eigenvalue weighted by Crippen LogP contribution is 2.54. The van der Waals surface area contributed by atoms with Crippen molar-refractivity contribution in [1.82, 2.24) is 9.97 Å². The number of benzene rings is 1. The number of pyridine rings is 2. The molecule has 6 heteroatoms. The van der Waals surface area contributed by atoms with Gasteiger partial charge in [0.15, 0.2) is 0 Å². The molecule has 31 heavy (non-hydrogen) atoms. The van der Waals surface area contributed by atoms with Gasteiger partial charge in [0, 0.05) is 23.6 Å². The van der Waals surface area contributed by atoms with E-state index in [-0.39, 0.29) is 23.5 Å². The van der Waals surface area contributed by atoms with Gasteiger partial charge in [-0.3, -0.25) is 9.78 Å². The number of carbonyl (C=O) groups excluding carboxylic acids is 1. The number of carbonyl (C=O) groups is 1. The fraction of sp³-hybridized carbons (Fsp3) is 0.400. The molecule has 2 heterocycles. The number of rotatable bonds is 4. The third-order valence-electron chi connectivity index (χ3n) is 7.37. The van der Waals surface area contributed by atoms with Crippen molar-refractivity contribution in [2.75, 3.05) is 5.32 Å². The minimum atomic E-state index is -0.219. The van der Waals surface area contributed by atoms with E-state index in [4.69, 9.17) is 0 Å². The number of aromatic nitrogens is 2. The SMILES string of the molecule is CC(C(=O)Nc1ccc(O)nc1)[C@H]1CC2CC(c3ccnc4ccc(F)cc34)C[C@H]2C1. The van der Waals surface area contributed by atoms with Crippen LogP contribution in [0.1, 0.15) is 44.1 Å². The summed E-state index contributed by atoms with van der Waals surface area (Å²) in [7, 11) is 0. The van der Waals surface area contributed by atoms with Gasteiger partial charge in [-0.1, -0.05) is 6.92 Å². The summed E-state index contributed by atoms with van der Waals surface area (Å²) in [6, 6.07) is 10.0. The Morgan fingerprint density at radius 3 is 2.58 bits per heavy atom. The normalized spacial score (nSPS) is 26.0. The maximum Gasteiger partial charge on any atom is 0.227 e. The smallest absolute Gasteiger partial charge is 0.227 e. The van der Waals surface area contributed by atoms with Gasteiger partial charge in [0.05, 0.1) is 17.4 Å². The second-order valence-corrected chi connectivity index (χ2v) is 9.16. The van der Waals surface area contributed by atoms with Gasteiger partial charge in [-0.2, -0.15) is 0 Å². The molecule has 2 N–H and O–H groups in total. The van der Waals surface area contributed by atoms with Crippen LogP contribution in [-0.2, 0) is 4.79 Å². The fourth-order valence-electron chi connectivity index (χ4n) is 5.75. The number of anilines is 1. The third-order valence-corrected chi connectivity index (χ3v) is 7.37. The van der Waals surface area contributed by atoms with Crippen LogP contribution < -0.4 is 5.32 Å². The lowest BCUT2D eigenvalue weighted by Crippen LogP contribution is -2.26. The summed E-state index contributed by atoms with van der Waals surface area (Å²) in [5, 5.41) is 13.1. The Morgan fingerprint density at radius 2 is 1.87 bits per heavy atom. The van der Waals surface area contributed by atoms with E-state index in [0.717, 1.165) is 36.6 Å². The molecule has 0 aliphatic heterocycles. The number of nitrogens with one attached hydrogen (secondary N) is 1. The molecule has 5 atom stereocenters. The molecule has 3 unspecified atom stereocenters. The highest BCUT2D eigenvalue weighted by atomic mass is 19.1. The third kappa shape index (κ3) is 3.87. The summed E-state index contributed by atoms with van der Waals surface area (Å²) < 4.78 is 13.8. The van der Waals surface area contributed by atoms with Crippen LogP contribution in [0.3, 0.4) is 0 Å². The first-order valence-corrected chi connectivity index (χ1v) is 11.0. The lowest BCUT2D eigenvalue weighted by atomic mass is 9.86. The van der Waals surface area contributed by atoms with Gasteiger partial charge in [-0.15, -0.1) is 0 Å². The van der Waals surface area contributed by atoms with Crippen molar-refractivity contribution < 1.29 is 14.3 Å². The van der Waals surface area contributed by atoms with Crippen LogP contribution in [0.25, 0.3) is 10.9 Å². The standard InChI is InChI=1S/C25H26FN3O2/c1-14(25(31)29-20-3-5-24(30)28-13-20)15-8-16-10-18(11-17(16)9-15)21-6-7-27-23-4-2-19(26)12-22(21)23/h2-7,12-18H,8-11H2,1H3,(H,28,30)(H,29,31)/t14?,15-,16-,17?,18?/m1/s1. The number of hydrogen-bond donors (Lipinski definition) is 2. The molecule has 2 aliphatic carbocycles. The first-order chi connectivity index (χ1) is 15.0. The summed E-state index contributed by atoms with van der Waals surface area (Å²) in [6.45, 7) is 2.01. The van der Waals surface area contributed by atoms with Crippen LogP contribution in [0.5, 0.6) is 5.88 Å². The number of hydrogen-bond acceptors (Lipinski definition) is 4. The largest absolute Gasteiger partial charge is 0.493 e. The Hall–Kier alpha value is -3.02. The summed E-state index contributed by atoms with van der Waals surface area (Å²) in [5.74, 6) is 1.66. The van der Waals surface area contributed by atoms with Gasteiger partial charge >= 0.3 is 0 Å². The Balaban J connectivity index is 1.24. The molecule has 2 saturated carbocycles. The van der Waals surface area contributed by atoms with Crippen molar-refractivity contribution in [3.05, 3.63) is 60.2 Å². The summed E-state index contributed by atoms with van der Waals surface area (Å²) in [4.78, 5) is 20.9. The topological polar surface area (TPSA) is 75.1 Å². The minimum Gasteiger partial charge on any atom is -0.493 e. The molecule has 2 fully saturated rings. The van der Waals surface area contributed by atoms with E-state index in [9.17, 15) is 14.3 Å². The molecule has 3 aromatic rings. The van der Waals surface area contributed by atoms with Crippen molar-refractivity contribution in [2.45, 2.75) is 38.5 Å². The Morgan fingerprint density at radius 1 is 1.10 bits per heavy atom. The molecule has 2 aliphatic rings. The zero-order chi connectivity index (χ0) is 21.5. The van der Waals surface area contributed by atoms with Crippen LogP contribution >= 0.6 is 0 Å². The Kier molecular flexibility index (Phi) is 5.08. The molecule has 5 rings (SSSR count). The average Bonchev–Trinajstić information content (AvgIpc) is 3.33. The van der Waals surface area contributed by atoms with E-state index >= 15 is 0 Å². The van der Waals surface area contributed by atoms with Crippen LogP contribution in [0.4, 0.5) is 10.1 Å². The number of amides is 1. The molecule has 0 radical (unpaired) electrons. The van der Waals surface area contributed by atoms with E-state index in [2.05, 4.69) is 15.3 Å². The first kappa shape index (κ1) is 19.9. The van der Waals surface area contributed by atoms with Crippen LogP contribution in [0, 0.1) is 29.5 Å². The second kappa shape index (κ2) is 7.91. The van der Waals surface area contributed by atoms with Crippen LogP contribution in [0.2, 0.25) is 0 Å². The van der Waals surface area contributed by atoms with Crippen molar-refractivity contribution in [3.63, 3.8) is 0 Å². The number of fused-ring (bicyclic) bond motifs is 2. The maximum atomic E-state index is 13.8. The average molecular weight is 420 g/mol. The fourth-order valence-corrected chi connectivity index (χ4v) is 5.75. The van der Waals surface area contributed by atoms with E-state index in [1.807, 2.05) is 19.2 Å². The predicted octanol–water partition coefficient (Wildman–Crippen LogP) is 5.27. The summed E-state index contributed by atoms with van der Waals surface area (Å²) in [6.07, 6.45) is 7.59. The van der Waals surface area contributed by atoms with E-state index in [1.165, 1.54) is 23.9 Å². The zero-order valence-electron chi connectivity index (χ0n) is 17.5. The van der Waals surface area contributed by atoms with Crippen LogP contribution in [0.15, 0.2) is 48.8 Å². The minimum absolute atomic E-state index is 0.00427. The molecular formula is C25H26FN3O2. The molecule has 1 amide bonds. The molecule has 160 valence electrons. The molecule has 0 bridgehead atoms. The van der Waals surface area contributed by atoms with Crippen molar-refractivity contribution in [3.8, 4) is 5.88 Å². The molecular weight excluding hydrogens is 393 g/mol. The Bertz CT molecular complexity index is 1100. The molecule has 0 saturated heterocycles. The lowest BCUT2D eigenvalue weighted by molar-refractivity contribution is -0.120. The van der Waals surface area contributed by atoms with Crippen molar-refractivity contribution in [2.24, 2.45) is 23.7 Å². The number of halogens is 1. The number of nitrogens with zero attached hydrogens (tertiary/aromatic N) is 2. The highest BCUT2D eigenvalue weighted by Gasteiger charge is 2.44. The molecule has 2 aromatic heterocycles. The molecule has 1 aromatic carbocycles. The van der Waals surface area contributed by atoms with E-state index in [1.54, 1.807) is 18.2 Å². The van der Waals surface area contributed by atoms with Crippen LogP contribution in [-0.4, -0.2) is 21.0 Å². The van der Waals surface area contributed by atoms with E-state index < -0.39 is 0 Å². The van der Waals surface area contributed by atoms with Gasteiger partial charge in [0.2, 0.25) is 11.8 Å². The number of aromatic hydroxyl groups is 1. The summed E-state index contributed by atoms with van der Waals surface area (Å²) in [5.41, 5.74) is 2.66. The lowest BCUT2D eigenvalue weighted by Gasteiger charge is -2.21. The molecule has 0 spiro atoms. The van der Waals surface area contributed by atoms with Gasteiger partial charge in [-0.05, 0) is 85.3 Å². The molecule has 5 nitrogen and oxygen atoms in total. The van der Waals surface area contributed by atoms with Crippen molar-refractivity contribution in [1.29, 1.82) is 0 Å². The summed E-state index contributed by atoms with van der Waals surface area (Å²) >= 11 is 0. The van der Waals surface area contributed by atoms with E-state index in [0.29, 0.717) is 29.4 Å². The van der Waals surface area contributed by atoms with Crippen molar-refractivity contribution >= 4 is 22.5 Å². The van der Waals surface area contributed by atoms with Gasteiger partial charge in [0.1, 0.15) is 5.82 Å². The highest BCUT2D eigenvalue weighted by molar-refractivity contribution is 5.92. The zero-order valence-corrected chi connectivity index (χ0v) is 17.5. The quantitative estimate of drug-likeness (QED) is 0.604. The predicted molar refractivity (Wildman–Crippen MR) is 117 cm³/mol.